The molecule has 0 spiro atoms. The molecule has 0 aliphatic heterocycles. The van der Waals surface area contributed by atoms with Gasteiger partial charge in [-0.2, -0.15) is 5.26 Å². The molecular formula is C12H7ClN2O. The fourth-order valence-electron chi connectivity index (χ4n) is 1.45. The summed E-state index contributed by atoms with van der Waals surface area (Å²) in [6.45, 7) is 0. The Balaban J connectivity index is 2.55. The van der Waals surface area contributed by atoms with Crippen LogP contribution in [0.1, 0.15) is 16.1 Å². The van der Waals surface area contributed by atoms with Crippen molar-refractivity contribution in [3.63, 3.8) is 0 Å². The van der Waals surface area contributed by atoms with Crippen LogP contribution in [0, 0.1) is 11.3 Å². The molecule has 78 valence electrons. The van der Waals surface area contributed by atoms with Crippen LogP contribution in [0.15, 0.2) is 36.5 Å². The Labute approximate surface area is 97.5 Å². The normalized spacial score (nSPS) is 9.75. The van der Waals surface area contributed by atoms with Crippen LogP contribution in [-0.2, 0) is 0 Å². The smallest absolute Gasteiger partial charge is 0.151 e. The summed E-state index contributed by atoms with van der Waals surface area (Å²) < 4.78 is 1.65. The van der Waals surface area contributed by atoms with Crippen molar-refractivity contribution in [2.75, 3.05) is 0 Å². The number of hydrogen-bond donors (Lipinski definition) is 0. The van der Waals surface area contributed by atoms with Gasteiger partial charge in [-0.3, -0.25) is 4.79 Å². The summed E-state index contributed by atoms with van der Waals surface area (Å²) in [5.41, 5.74) is 1.70. The topological polar surface area (TPSA) is 45.8 Å². The third kappa shape index (κ3) is 1.83. The molecule has 0 atom stereocenters. The van der Waals surface area contributed by atoms with Crippen LogP contribution < -0.4 is 0 Å². The number of nitrogens with zero attached hydrogens (tertiary/aromatic N) is 2. The van der Waals surface area contributed by atoms with Gasteiger partial charge in [-0.15, -0.1) is 0 Å². The van der Waals surface area contributed by atoms with Crippen molar-refractivity contribution in [1.82, 2.24) is 4.57 Å². The molecule has 16 heavy (non-hydrogen) atoms. The number of aromatic nitrogens is 1. The van der Waals surface area contributed by atoms with E-state index in [0.717, 1.165) is 5.69 Å². The maximum absolute atomic E-state index is 10.6. The van der Waals surface area contributed by atoms with Gasteiger partial charge in [0.25, 0.3) is 0 Å². The first kappa shape index (κ1) is 10.5. The van der Waals surface area contributed by atoms with Gasteiger partial charge in [-0.25, -0.2) is 0 Å². The van der Waals surface area contributed by atoms with Crippen molar-refractivity contribution < 1.29 is 4.79 Å². The first-order chi connectivity index (χ1) is 7.74. The van der Waals surface area contributed by atoms with Gasteiger partial charge >= 0.3 is 0 Å². The second-order valence-electron chi connectivity index (χ2n) is 3.23. The van der Waals surface area contributed by atoms with Crippen LogP contribution in [0.5, 0.6) is 0 Å². The average Bonchev–Trinajstić information content (AvgIpc) is 2.73. The summed E-state index contributed by atoms with van der Waals surface area (Å²) in [5.74, 6) is 0. The molecule has 1 aromatic carbocycles. The minimum atomic E-state index is 0.421. The summed E-state index contributed by atoms with van der Waals surface area (Å²) in [5, 5.41) is 9.56. The number of rotatable bonds is 2. The van der Waals surface area contributed by atoms with E-state index in [2.05, 4.69) is 0 Å². The van der Waals surface area contributed by atoms with Gasteiger partial charge in [-0.1, -0.05) is 11.6 Å². The molecule has 3 nitrogen and oxygen atoms in total. The van der Waals surface area contributed by atoms with Gasteiger partial charge < -0.3 is 4.57 Å². The van der Waals surface area contributed by atoms with Crippen LogP contribution in [0.2, 0.25) is 5.02 Å². The second kappa shape index (κ2) is 4.21. The molecular weight excluding hydrogens is 224 g/mol. The number of halogens is 1. The van der Waals surface area contributed by atoms with Crippen LogP contribution in [-0.4, -0.2) is 10.9 Å². The quantitative estimate of drug-likeness (QED) is 0.745. The first-order valence-corrected chi connectivity index (χ1v) is 4.96. The van der Waals surface area contributed by atoms with E-state index < -0.39 is 0 Å². The standard InChI is InChI=1S/C12H7ClN2O/c13-10-1-3-11(4-2-10)15-7-9(8-16)5-12(15)6-14/h1-5,7-8H. The van der Waals surface area contributed by atoms with Crippen molar-refractivity contribution in [3.8, 4) is 11.8 Å². The molecule has 0 N–H and O–H groups in total. The molecule has 2 rings (SSSR count). The number of hydrogen-bond acceptors (Lipinski definition) is 2. The van der Waals surface area contributed by atoms with Crippen molar-refractivity contribution >= 4 is 17.9 Å². The molecule has 1 heterocycles. The molecule has 0 saturated heterocycles. The second-order valence-corrected chi connectivity index (χ2v) is 3.67. The summed E-state index contributed by atoms with van der Waals surface area (Å²) in [7, 11) is 0. The maximum Gasteiger partial charge on any atom is 0.151 e. The van der Waals surface area contributed by atoms with E-state index in [9.17, 15) is 4.79 Å². The monoisotopic (exact) mass is 230 g/mol. The van der Waals surface area contributed by atoms with Gasteiger partial charge in [0.2, 0.25) is 0 Å². The highest BCUT2D eigenvalue weighted by atomic mass is 35.5. The number of carbonyl (C=O) groups excluding carboxylic acids is 1. The zero-order valence-corrected chi connectivity index (χ0v) is 8.98. The lowest BCUT2D eigenvalue weighted by molar-refractivity contribution is 0.112. The van der Waals surface area contributed by atoms with Gasteiger partial charge in [0.05, 0.1) is 0 Å². The highest BCUT2D eigenvalue weighted by Crippen LogP contribution is 2.17. The average molecular weight is 231 g/mol. The molecule has 0 radical (unpaired) electrons. The lowest BCUT2D eigenvalue weighted by atomic mass is 10.3. The minimum absolute atomic E-state index is 0.421. The SMILES string of the molecule is N#Cc1cc(C=O)cn1-c1ccc(Cl)cc1. The first-order valence-electron chi connectivity index (χ1n) is 4.58. The van der Waals surface area contributed by atoms with Gasteiger partial charge in [-0.05, 0) is 30.3 Å². The van der Waals surface area contributed by atoms with E-state index in [1.165, 1.54) is 0 Å². The Hall–Kier alpha value is -2.05. The van der Waals surface area contributed by atoms with Crippen molar-refractivity contribution in [2.45, 2.75) is 0 Å². The number of carbonyl (C=O) groups is 1. The fourth-order valence-corrected chi connectivity index (χ4v) is 1.58. The van der Waals surface area contributed by atoms with Crippen LogP contribution in [0.25, 0.3) is 5.69 Å². The minimum Gasteiger partial charge on any atom is -0.308 e. The van der Waals surface area contributed by atoms with Crippen molar-refractivity contribution in [1.29, 1.82) is 5.26 Å². The molecule has 0 aliphatic carbocycles. The molecule has 4 heteroatoms. The molecule has 2 aromatic rings. The third-order valence-corrected chi connectivity index (χ3v) is 2.45. The van der Waals surface area contributed by atoms with Crippen LogP contribution >= 0.6 is 11.6 Å². The van der Waals surface area contributed by atoms with Crippen LogP contribution in [0.4, 0.5) is 0 Å². The van der Waals surface area contributed by atoms with E-state index in [1.54, 1.807) is 41.1 Å². The summed E-state index contributed by atoms with van der Waals surface area (Å²) in [6, 6.07) is 10.6. The Bertz CT molecular complexity index is 564. The summed E-state index contributed by atoms with van der Waals surface area (Å²) in [4.78, 5) is 10.6. The van der Waals surface area contributed by atoms with Gasteiger partial charge in [0.1, 0.15) is 11.8 Å². The van der Waals surface area contributed by atoms with Crippen LogP contribution in [0.3, 0.4) is 0 Å². The fraction of sp³-hybridized carbons (Fsp3) is 0. The molecule has 0 aliphatic rings. The Morgan fingerprint density at radius 3 is 2.56 bits per heavy atom. The van der Waals surface area contributed by atoms with E-state index >= 15 is 0 Å². The van der Waals surface area contributed by atoms with Crippen molar-refractivity contribution in [3.05, 3.63) is 52.8 Å². The lowest BCUT2D eigenvalue weighted by Gasteiger charge is -2.03. The summed E-state index contributed by atoms with van der Waals surface area (Å²) in [6.07, 6.45) is 2.34. The molecule has 1 aromatic heterocycles. The van der Waals surface area contributed by atoms with Gasteiger partial charge in [0, 0.05) is 22.5 Å². The zero-order valence-electron chi connectivity index (χ0n) is 8.22. The predicted octanol–water partition coefficient (Wildman–Crippen LogP) is 2.81. The van der Waals surface area contributed by atoms with E-state index in [0.29, 0.717) is 22.6 Å². The molecule has 0 fully saturated rings. The lowest BCUT2D eigenvalue weighted by Crippen LogP contribution is -1.94. The molecule has 0 unspecified atom stereocenters. The van der Waals surface area contributed by atoms with Gasteiger partial charge in [0.15, 0.2) is 6.29 Å². The Morgan fingerprint density at radius 1 is 1.31 bits per heavy atom. The van der Waals surface area contributed by atoms with Crippen molar-refractivity contribution in [2.24, 2.45) is 0 Å². The largest absolute Gasteiger partial charge is 0.308 e. The number of aldehydes is 1. The number of benzene rings is 1. The highest BCUT2D eigenvalue weighted by Gasteiger charge is 2.06. The molecule has 0 bridgehead atoms. The van der Waals surface area contributed by atoms with E-state index in [-0.39, 0.29) is 0 Å². The number of nitriles is 1. The predicted molar refractivity (Wildman–Crippen MR) is 60.9 cm³/mol. The summed E-state index contributed by atoms with van der Waals surface area (Å²) >= 11 is 5.77. The third-order valence-electron chi connectivity index (χ3n) is 2.20. The van der Waals surface area contributed by atoms with E-state index in [4.69, 9.17) is 16.9 Å². The highest BCUT2D eigenvalue weighted by molar-refractivity contribution is 6.30. The molecule has 0 amide bonds. The van der Waals surface area contributed by atoms with E-state index in [1.807, 2.05) is 6.07 Å². The molecule has 0 saturated carbocycles. The Morgan fingerprint density at radius 2 is 2.00 bits per heavy atom. The Kier molecular flexibility index (Phi) is 2.76. The zero-order chi connectivity index (χ0) is 11.5. The maximum atomic E-state index is 10.6.